The summed E-state index contributed by atoms with van der Waals surface area (Å²) in [6.45, 7) is 0. The van der Waals surface area contributed by atoms with Crippen molar-refractivity contribution in [2.75, 3.05) is 10.6 Å². The lowest BCUT2D eigenvalue weighted by Gasteiger charge is -2.12. The maximum atomic E-state index is 12.4. The summed E-state index contributed by atoms with van der Waals surface area (Å²) in [4.78, 5) is 16.9. The SMILES string of the molecule is Cn1c(-c2ncccc2NC(=O)Nc2ccc(O)cc2)cc2ccccc21. The number of anilines is 2. The van der Waals surface area contributed by atoms with E-state index in [2.05, 4.69) is 26.3 Å². The Hall–Kier alpha value is -3.80. The van der Waals surface area contributed by atoms with E-state index in [1.165, 1.54) is 12.1 Å². The minimum absolute atomic E-state index is 0.145. The number of amides is 2. The van der Waals surface area contributed by atoms with Gasteiger partial charge in [0.05, 0.1) is 11.4 Å². The van der Waals surface area contributed by atoms with Gasteiger partial charge >= 0.3 is 6.03 Å². The van der Waals surface area contributed by atoms with Crippen LogP contribution in [0.2, 0.25) is 0 Å². The van der Waals surface area contributed by atoms with Crippen molar-refractivity contribution in [3.8, 4) is 17.1 Å². The molecule has 2 heterocycles. The Balaban J connectivity index is 1.63. The average Bonchev–Trinajstić information content (AvgIpc) is 3.01. The van der Waals surface area contributed by atoms with E-state index in [9.17, 15) is 9.90 Å². The molecule has 0 aliphatic heterocycles. The molecule has 4 aromatic rings. The Morgan fingerprint density at radius 2 is 1.78 bits per heavy atom. The van der Waals surface area contributed by atoms with Gasteiger partial charge in [-0.2, -0.15) is 0 Å². The van der Waals surface area contributed by atoms with Gasteiger partial charge in [0.25, 0.3) is 0 Å². The molecule has 4 rings (SSSR count). The molecular weight excluding hydrogens is 340 g/mol. The fourth-order valence-corrected chi connectivity index (χ4v) is 3.06. The highest BCUT2D eigenvalue weighted by Gasteiger charge is 2.14. The van der Waals surface area contributed by atoms with Crippen molar-refractivity contribution in [2.45, 2.75) is 0 Å². The minimum atomic E-state index is -0.381. The zero-order valence-electron chi connectivity index (χ0n) is 14.7. The molecule has 0 aliphatic rings. The minimum Gasteiger partial charge on any atom is -0.508 e. The van der Waals surface area contributed by atoms with Gasteiger partial charge in [0.1, 0.15) is 11.4 Å². The second kappa shape index (κ2) is 6.84. The van der Waals surface area contributed by atoms with E-state index >= 15 is 0 Å². The Morgan fingerprint density at radius 1 is 1.00 bits per heavy atom. The van der Waals surface area contributed by atoms with E-state index in [0.29, 0.717) is 17.1 Å². The second-order valence-corrected chi connectivity index (χ2v) is 6.17. The Morgan fingerprint density at radius 3 is 2.56 bits per heavy atom. The Kier molecular flexibility index (Phi) is 4.22. The molecule has 3 N–H and O–H groups in total. The molecule has 2 aromatic heterocycles. The van der Waals surface area contributed by atoms with E-state index in [0.717, 1.165) is 16.6 Å². The number of fused-ring (bicyclic) bond motifs is 1. The molecule has 0 unspecified atom stereocenters. The van der Waals surface area contributed by atoms with Gasteiger partial charge < -0.3 is 20.3 Å². The summed E-state index contributed by atoms with van der Waals surface area (Å²) >= 11 is 0. The number of phenols is 1. The molecule has 134 valence electrons. The highest BCUT2D eigenvalue weighted by Crippen LogP contribution is 2.30. The van der Waals surface area contributed by atoms with Crippen molar-refractivity contribution >= 4 is 28.3 Å². The number of benzene rings is 2. The van der Waals surface area contributed by atoms with Crippen LogP contribution >= 0.6 is 0 Å². The van der Waals surface area contributed by atoms with E-state index in [1.54, 1.807) is 24.4 Å². The molecule has 0 spiro atoms. The number of para-hydroxylation sites is 1. The summed E-state index contributed by atoms with van der Waals surface area (Å²) < 4.78 is 2.06. The zero-order chi connectivity index (χ0) is 18.8. The summed E-state index contributed by atoms with van der Waals surface area (Å²) in [6, 6.07) is 19.6. The second-order valence-electron chi connectivity index (χ2n) is 6.17. The van der Waals surface area contributed by atoms with Crippen LogP contribution in [0.15, 0.2) is 72.9 Å². The lowest BCUT2D eigenvalue weighted by atomic mass is 10.2. The molecule has 0 radical (unpaired) electrons. The quantitative estimate of drug-likeness (QED) is 0.469. The van der Waals surface area contributed by atoms with Gasteiger partial charge in [0.15, 0.2) is 0 Å². The number of aryl methyl sites for hydroxylation is 1. The van der Waals surface area contributed by atoms with Crippen LogP contribution in [0.25, 0.3) is 22.3 Å². The van der Waals surface area contributed by atoms with Crippen LogP contribution < -0.4 is 10.6 Å². The van der Waals surface area contributed by atoms with Gasteiger partial charge in [-0.05, 0) is 48.5 Å². The van der Waals surface area contributed by atoms with E-state index in [-0.39, 0.29) is 11.8 Å². The van der Waals surface area contributed by atoms with Crippen LogP contribution in [0.1, 0.15) is 0 Å². The monoisotopic (exact) mass is 358 g/mol. The molecule has 6 heteroatoms. The zero-order valence-corrected chi connectivity index (χ0v) is 14.7. The molecule has 0 atom stereocenters. The predicted octanol–water partition coefficient (Wildman–Crippen LogP) is 4.59. The van der Waals surface area contributed by atoms with Gasteiger partial charge in [-0.1, -0.05) is 18.2 Å². The van der Waals surface area contributed by atoms with Gasteiger partial charge in [-0.15, -0.1) is 0 Å². The normalized spacial score (nSPS) is 10.7. The number of aromatic hydroxyl groups is 1. The number of nitrogens with one attached hydrogen (secondary N) is 2. The van der Waals surface area contributed by atoms with E-state index in [1.807, 2.05) is 37.4 Å². The molecular formula is C21H18N4O2. The van der Waals surface area contributed by atoms with Crippen molar-refractivity contribution in [3.63, 3.8) is 0 Å². The van der Waals surface area contributed by atoms with Gasteiger partial charge in [0, 0.05) is 29.8 Å². The molecule has 0 fully saturated rings. The number of phenolic OH excluding ortho intramolecular Hbond substituents is 1. The first-order chi connectivity index (χ1) is 13.1. The number of rotatable bonds is 3. The average molecular weight is 358 g/mol. The Labute approximate surface area is 156 Å². The van der Waals surface area contributed by atoms with Crippen molar-refractivity contribution in [2.24, 2.45) is 7.05 Å². The summed E-state index contributed by atoms with van der Waals surface area (Å²) in [5.74, 6) is 0.145. The largest absolute Gasteiger partial charge is 0.508 e. The van der Waals surface area contributed by atoms with Crippen molar-refractivity contribution in [1.29, 1.82) is 0 Å². The summed E-state index contributed by atoms with van der Waals surface area (Å²) in [5.41, 5.74) is 3.89. The van der Waals surface area contributed by atoms with E-state index in [4.69, 9.17) is 0 Å². The van der Waals surface area contributed by atoms with Gasteiger partial charge in [-0.3, -0.25) is 4.98 Å². The van der Waals surface area contributed by atoms with Crippen LogP contribution in [0, 0.1) is 0 Å². The van der Waals surface area contributed by atoms with Gasteiger partial charge in [0.2, 0.25) is 0 Å². The van der Waals surface area contributed by atoms with Crippen molar-refractivity contribution < 1.29 is 9.90 Å². The fraction of sp³-hybridized carbons (Fsp3) is 0.0476. The number of hydrogen-bond donors (Lipinski definition) is 3. The van der Waals surface area contributed by atoms with Crippen molar-refractivity contribution in [1.82, 2.24) is 9.55 Å². The maximum absolute atomic E-state index is 12.4. The molecule has 0 saturated carbocycles. The first-order valence-corrected chi connectivity index (χ1v) is 8.49. The number of carbonyl (C=O) groups is 1. The number of carbonyl (C=O) groups excluding carboxylic acids is 1. The smallest absolute Gasteiger partial charge is 0.323 e. The number of pyridine rings is 1. The van der Waals surface area contributed by atoms with Crippen LogP contribution in [0.3, 0.4) is 0 Å². The van der Waals surface area contributed by atoms with Crippen molar-refractivity contribution in [3.05, 3.63) is 72.9 Å². The van der Waals surface area contributed by atoms with Crippen LogP contribution in [0.5, 0.6) is 5.75 Å². The third kappa shape index (κ3) is 3.32. The van der Waals surface area contributed by atoms with Crippen LogP contribution in [0.4, 0.5) is 16.2 Å². The molecule has 2 aromatic carbocycles. The number of hydrogen-bond acceptors (Lipinski definition) is 3. The molecule has 27 heavy (non-hydrogen) atoms. The number of urea groups is 1. The first-order valence-electron chi connectivity index (χ1n) is 8.49. The van der Waals surface area contributed by atoms with Gasteiger partial charge in [-0.25, -0.2) is 4.79 Å². The molecule has 0 aliphatic carbocycles. The topological polar surface area (TPSA) is 79.2 Å². The lowest BCUT2D eigenvalue weighted by Crippen LogP contribution is -2.20. The third-order valence-corrected chi connectivity index (χ3v) is 4.38. The number of aromatic nitrogens is 2. The fourth-order valence-electron chi connectivity index (χ4n) is 3.06. The predicted molar refractivity (Wildman–Crippen MR) is 107 cm³/mol. The highest BCUT2D eigenvalue weighted by molar-refractivity contribution is 6.02. The van der Waals surface area contributed by atoms with Crippen LogP contribution in [-0.4, -0.2) is 20.7 Å². The Bertz CT molecular complexity index is 1120. The first kappa shape index (κ1) is 16.7. The summed E-state index contributed by atoms with van der Waals surface area (Å²) in [6.07, 6.45) is 1.70. The summed E-state index contributed by atoms with van der Waals surface area (Å²) in [5, 5.41) is 16.0. The highest BCUT2D eigenvalue weighted by atomic mass is 16.3. The van der Waals surface area contributed by atoms with Crippen LogP contribution in [-0.2, 0) is 7.05 Å². The van der Waals surface area contributed by atoms with E-state index < -0.39 is 0 Å². The molecule has 2 amide bonds. The molecule has 6 nitrogen and oxygen atoms in total. The third-order valence-electron chi connectivity index (χ3n) is 4.38. The lowest BCUT2D eigenvalue weighted by molar-refractivity contribution is 0.262. The molecule has 0 bridgehead atoms. The number of nitrogens with zero attached hydrogens (tertiary/aromatic N) is 2. The summed E-state index contributed by atoms with van der Waals surface area (Å²) in [7, 11) is 1.98. The standard InChI is InChI=1S/C21H18N4O2/c1-25-18-7-3-2-5-14(18)13-19(25)20-17(6-4-12-22-20)24-21(27)23-15-8-10-16(26)11-9-15/h2-13,26H,1H3,(H2,23,24,27). The maximum Gasteiger partial charge on any atom is 0.323 e. The molecule has 0 saturated heterocycles.